The monoisotopic (exact) mass is 549 g/mol. The van der Waals surface area contributed by atoms with Gasteiger partial charge in [-0.05, 0) is 54.3 Å². The third-order valence-electron chi connectivity index (χ3n) is 5.53. The molecule has 35 heavy (non-hydrogen) atoms. The normalized spacial score (nSPS) is 12.6. The fourth-order valence-electron chi connectivity index (χ4n) is 4.01. The van der Waals surface area contributed by atoms with E-state index in [1.165, 1.54) is 0 Å². The Morgan fingerprint density at radius 2 is 1.97 bits per heavy atom. The zero-order valence-electron chi connectivity index (χ0n) is 20.0. The maximum Gasteiger partial charge on any atom is 0.248 e. The van der Waals surface area contributed by atoms with E-state index >= 15 is 0 Å². The van der Waals surface area contributed by atoms with Crippen LogP contribution in [-0.2, 0) is 11.3 Å². The lowest BCUT2D eigenvalue weighted by Gasteiger charge is -2.39. The Labute approximate surface area is 212 Å². The first-order chi connectivity index (χ1) is 16.5. The molecular formula is C25H30BrF2N5O2. The molecule has 0 aliphatic carbocycles. The largest absolute Gasteiger partial charge is 0.387 e. The van der Waals surface area contributed by atoms with Crippen molar-refractivity contribution in [1.82, 2.24) is 19.7 Å². The Bertz CT molecular complexity index is 1180. The van der Waals surface area contributed by atoms with Gasteiger partial charge in [-0.1, -0.05) is 48.8 Å². The molecule has 3 rings (SSSR count). The molecule has 188 valence electrons. The predicted molar refractivity (Wildman–Crippen MR) is 133 cm³/mol. The quantitative estimate of drug-likeness (QED) is 0.415. The van der Waals surface area contributed by atoms with E-state index in [1.54, 1.807) is 9.58 Å². The summed E-state index contributed by atoms with van der Waals surface area (Å²) >= 11 is 3.47. The molecule has 3 N–H and O–H groups in total. The lowest BCUT2D eigenvalue weighted by Crippen LogP contribution is -2.44. The molecule has 0 bridgehead atoms. The van der Waals surface area contributed by atoms with Crippen LogP contribution < -0.4 is 5.73 Å². The number of hydrogen-bond donors (Lipinski definition) is 2. The first-order valence-electron chi connectivity index (χ1n) is 11.3. The molecule has 2 aromatic carbocycles. The Hall–Kier alpha value is -2.69. The lowest BCUT2D eigenvalue weighted by atomic mass is 9.84. The van der Waals surface area contributed by atoms with Crippen LogP contribution in [0.1, 0.15) is 44.6 Å². The Kier molecular flexibility index (Phi) is 8.74. The molecular weight excluding hydrogens is 520 g/mol. The Morgan fingerprint density at radius 3 is 2.60 bits per heavy atom. The predicted octanol–water partition coefficient (Wildman–Crippen LogP) is 4.29. The molecule has 0 spiro atoms. The first-order valence-corrected chi connectivity index (χ1v) is 12.1. The molecule has 1 amide bonds. The standard InChI is InChI=1S/C25H30BrF2N5O2/c1-25(2,3)22(32(11-5-10-29)21(35)15-34)24-30-23(19-13-18(27)8-9-20(19)28)31-33(24)14-16-6-4-7-17(26)12-16/h4,6-9,12-13,22,34H,5,10-11,14-15,29H2,1-3H3/t22-/m0/s1. The highest BCUT2D eigenvalue weighted by Gasteiger charge is 2.38. The average molecular weight is 550 g/mol. The van der Waals surface area contributed by atoms with Crippen molar-refractivity contribution in [3.63, 3.8) is 0 Å². The van der Waals surface area contributed by atoms with Gasteiger partial charge in [-0.3, -0.25) is 4.79 Å². The van der Waals surface area contributed by atoms with Crippen LogP contribution >= 0.6 is 15.9 Å². The minimum absolute atomic E-state index is 0.0106. The number of aliphatic hydroxyl groups excluding tert-OH is 1. The van der Waals surface area contributed by atoms with Gasteiger partial charge in [-0.25, -0.2) is 18.4 Å². The van der Waals surface area contributed by atoms with Gasteiger partial charge in [0.25, 0.3) is 0 Å². The van der Waals surface area contributed by atoms with E-state index in [0.717, 1.165) is 28.2 Å². The van der Waals surface area contributed by atoms with E-state index in [4.69, 9.17) is 5.73 Å². The van der Waals surface area contributed by atoms with Gasteiger partial charge in [0, 0.05) is 11.0 Å². The first kappa shape index (κ1) is 26.9. The lowest BCUT2D eigenvalue weighted by molar-refractivity contribution is -0.139. The maximum absolute atomic E-state index is 14.6. The second-order valence-corrected chi connectivity index (χ2v) is 10.3. The second kappa shape index (κ2) is 11.4. The third kappa shape index (κ3) is 6.50. The minimum Gasteiger partial charge on any atom is -0.387 e. The van der Waals surface area contributed by atoms with Gasteiger partial charge >= 0.3 is 0 Å². The van der Waals surface area contributed by atoms with Crippen molar-refractivity contribution in [3.05, 3.63) is 70.0 Å². The molecule has 1 atom stereocenters. The van der Waals surface area contributed by atoms with Crippen LogP contribution in [-0.4, -0.2) is 50.4 Å². The van der Waals surface area contributed by atoms with Crippen LogP contribution in [0.3, 0.4) is 0 Å². The van der Waals surface area contributed by atoms with Crippen molar-refractivity contribution in [2.75, 3.05) is 19.7 Å². The summed E-state index contributed by atoms with van der Waals surface area (Å²) < 4.78 is 31.1. The highest BCUT2D eigenvalue weighted by molar-refractivity contribution is 9.10. The molecule has 0 fully saturated rings. The van der Waals surface area contributed by atoms with Gasteiger partial charge in [0.05, 0.1) is 18.2 Å². The average Bonchev–Trinajstić information content (AvgIpc) is 3.19. The van der Waals surface area contributed by atoms with Crippen LogP contribution in [0.25, 0.3) is 11.4 Å². The molecule has 0 unspecified atom stereocenters. The molecule has 1 aromatic heterocycles. The maximum atomic E-state index is 14.6. The van der Waals surface area contributed by atoms with Gasteiger partial charge in [0.15, 0.2) is 11.6 Å². The summed E-state index contributed by atoms with van der Waals surface area (Å²) in [5, 5.41) is 14.2. The molecule has 3 aromatic rings. The van der Waals surface area contributed by atoms with Gasteiger partial charge in [-0.15, -0.1) is 0 Å². The fraction of sp³-hybridized carbons (Fsp3) is 0.400. The Morgan fingerprint density at radius 1 is 1.23 bits per heavy atom. The summed E-state index contributed by atoms with van der Waals surface area (Å²) in [6.07, 6.45) is 0.517. The van der Waals surface area contributed by atoms with Crippen LogP contribution in [0.15, 0.2) is 46.9 Å². The number of nitrogens with two attached hydrogens (primary N) is 1. The molecule has 0 saturated carbocycles. The summed E-state index contributed by atoms with van der Waals surface area (Å²) in [6, 6.07) is 10.1. The van der Waals surface area contributed by atoms with Crippen molar-refractivity contribution in [1.29, 1.82) is 0 Å². The molecule has 0 saturated heterocycles. The SMILES string of the molecule is CC(C)(C)[C@H](c1nc(-c2cc(F)ccc2F)nn1Cc1cccc(Br)c1)N(CCCN)C(=O)CO. The van der Waals surface area contributed by atoms with Crippen LogP contribution in [0.4, 0.5) is 8.78 Å². The second-order valence-electron chi connectivity index (χ2n) is 9.36. The van der Waals surface area contributed by atoms with Crippen molar-refractivity contribution in [2.45, 2.75) is 39.8 Å². The molecule has 7 nitrogen and oxygen atoms in total. The molecule has 1 heterocycles. The number of aliphatic hydroxyl groups is 1. The number of carbonyl (C=O) groups excluding carboxylic acids is 1. The van der Waals surface area contributed by atoms with Crippen LogP contribution in [0.5, 0.6) is 0 Å². The smallest absolute Gasteiger partial charge is 0.248 e. The number of carbonyl (C=O) groups is 1. The minimum atomic E-state index is -0.678. The van der Waals surface area contributed by atoms with Crippen molar-refractivity contribution in [3.8, 4) is 11.4 Å². The zero-order chi connectivity index (χ0) is 25.8. The van der Waals surface area contributed by atoms with Crippen molar-refractivity contribution < 1.29 is 18.7 Å². The number of halogens is 3. The van der Waals surface area contributed by atoms with Gasteiger partial charge in [0.1, 0.15) is 18.2 Å². The molecule has 0 aliphatic rings. The van der Waals surface area contributed by atoms with E-state index in [0.29, 0.717) is 25.3 Å². The number of benzene rings is 2. The van der Waals surface area contributed by atoms with Crippen molar-refractivity contribution in [2.24, 2.45) is 11.1 Å². The summed E-state index contributed by atoms with van der Waals surface area (Å²) in [7, 11) is 0. The highest BCUT2D eigenvalue weighted by atomic mass is 79.9. The topological polar surface area (TPSA) is 97.3 Å². The van der Waals surface area contributed by atoms with E-state index in [9.17, 15) is 18.7 Å². The zero-order valence-corrected chi connectivity index (χ0v) is 21.6. The van der Waals surface area contributed by atoms with E-state index in [1.807, 2.05) is 45.0 Å². The number of hydrogen-bond acceptors (Lipinski definition) is 5. The summed E-state index contributed by atoms with van der Waals surface area (Å²) in [5.41, 5.74) is 5.99. The fourth-order valence-corrected chi connectivity index (χ4v) is 4.46. The number of nitrogens with zero attached hydrogens (tertiary/aromatic N) is 4. The van der Waals surface area contributed by atoms with Gasteiger partial charge in [-0.2, -0.15) is 5.10 Å². The number of rotatable bonds is 9. The van der Waals surface area contributed by atoms with Gasteiger partial charge in [0.2, 0.25) is 5.91 Å². The van der Waals surface area contributed by atoms with E-state index < -0.39 is 35.6 Å². The number of amides is 1. The van der Waals surface area contributed by atoms with E-state index in [2.05, 4.69) is 26.0 Å². The summed E-state index contributed by atoms with van der Waals surface area (Å²) in [4.78, 5) is 19.0. The third-order valence-corrected chi connectivity index (χ3v) is 6.02. The van der Waals surface area contributed by atoms with Crippen LogP contribution in [0.2, 0.25) is 0 Å². The summed E-state index contributed by atoms with van der Waals surface area (Å²) in [5.74, 6) is -1.34. The molecule has 0 aliphatic heterocycles. The molecule has 0 radical (unpaired) electrons. The van der Waals surface area contributed by atoms with Crippen molar-refractivity contribution >= 4 is 21.8 Å². The highest BCUT2D eigenvalue weighted by Crippen LogP contribution is 2.38. The summed E-state index contributed by atoms with van der Waals surface area (Å²) in [6.45, 7) is 6.09. The van der Waals surface area contributed by atoms with E-state index in [-0.39, 0.29) is 17.9 Å². The van der Waals surface area contributed by atoms with Crippen LogP contribution in [0, 0.1) is 17.0 Å². The Balaban J connectivity index is 2.22. The molecule has 10 heteroatoms. The number of aromatic nitrogens is 3. The van der Waals surface area contributed by atoms with Gasteiger partial charge < -0.3 is 15.7 Å².